The number of rotatable bonds is 9. The third-order valence-corrected chi connectivity index (χ3v) is 4.64. The van der Waals surface area contributed by atoms with Gasteiger partial charge in [-0.3, -0.25) is 9.59 Å². The van der Waals surface area contributed by atoms with Gasteiger partial charge in [0.2, 0.25) is 11.8 Å². The number of amides is 2. The van der Waals surface area contributed by atoms with E-state index in [4.69, 9.17) is 5.73 Å². The van der Waals surface area contributed by atoms with Crippen LogP contribution in [0, 0.1) is 11.7 Å². The fourth-order valence-corrected chi connectivity index (χ4v) is 2.99. The van der Waals surface area contributed by atoms with Crippen LogP contribution < -0.4 is 21.7 Å². The number of nitrogens with zero attached hydrogens (tertiary/aromatic N) is 1. The number of aromatic nitrogens is 1. The minimum atomic E-state index is -0.661. The van der Waals surface area contributed by atoms with Gasteiger partial charge in [0.1, 0.15) is 11.6 Å². The van der Waals surface area contributed by atoms with Gasteiger partial charge in [0.25, 0.3) is 0 Å². The number of halogens is 1. The molecule has 1 heterocycles. The molecule has 0 aliphatic carbocycles. The number of pyridine rings is 1. The summed E-state index contributed by atoms with van der Waals surface area (Å²) in [5.74, 6) is -1.03. The zero-order valence-corrected chi connectivity index (χ0v) is 16.9. The lowest BCUT2D eigenvalue weighted by molar-refractivity contribution is -0.125. The van der Waals surface area contributed by atoms with Gasteiger partial charge in [-0.2, -0.15) is 0 Å². The van der Waals surface area contributed by atoms with Crippen LogP contribution in [0.15, 0.2) is 42.6 Å². The van der Waals surface area contributed by atoms with Crippen molar-refractivity contribution in [1.82, 2.24) is 20.9 Å². The average Bonchev–Trinajstić information content (AvgIpc) is 2.69. The zero-order chi connectivity index (χ0) is 21.4. The second-order valence-electron chi connectivity index (χ2n) is 7.17. The molecule has 0 saturated carbocycles. The van der Waals surface area contributed by atoms with Gasteiger partial charge in [-0.15, -0.1) is 0 Å². The fraction of sp³-hybridized carbons (Fsp3) is 0.381. The lowest BCUT2D eigenvalue weighted by atomic mass is 9.97. The third-order valence-electron chi connectivity index (χ3n) is 4.64. The van der Waals surface area contributed by atoms with E-state index in [-0.39, 0.29) is 42.7 Å². The van der Waals surface area contributed by atoms with Crippen molar-refractivity contribution < 1.29 is 14.0 Å². The van der Waals surface area contributed by atoms with Crippen molar-refractivity contribution in [3.05, 3.63) is 59.5 Å². The summed E-state index contributed by atoms with van der Waals surface area (Å²) in [6.07, 6.45) is 1.59. The Hall–Kier alpha value is -3.00. The Balaban J connectivity index is 2.09. The number of carbonyl (C=O) groups excluding carboxylic acids is 2. The summed E-state index contributed by atoms with van der Waals surface area (Å²) in [6.45, 7) is 4.24. The second kappa shape index (κ2) is 10.5. The van der Waals surface area contributed by atoms with Crippen molar-refractivity contribution in [2.45, 2.75) is 32.4 Å². The SMILES string of the molecule is CN[C@@H](C(=O)NC[C@H](C(=O)NCc1ccc(N)nc1)c1ccc(F)cc1)C(C)C. The molecule has 2 aromatic rings. The average molecular weight is 401 g/mol. The molecule has 8 heteroatoms. The van der Waals surface area contributed by atoms with Crippen molar-refractivity contribution >= 4 is 17.6 Å². The molecule has 2 amide bonds. The first kappa shape index (κ1) is 22.3. The lowest BCUT2D eigenvalue weighted by Crippen LogP contribution is -2.48. The summed E-state index contributed by atoms with van der Waals surface area (Å²) < 4.78 is 13.3. The third kappa shape index (κ3) is 6.53. The predicted octanol–water partition coefficient (Wildman–Crippen LogP) is 1.56. The van der Waals surface area contributed by atoms with E-state index in [0.29, 0.717) is 11.4 Å². The van der Waals surface area contributed by atoms with Crippen molar-refractivity contribution in [2.75, 3.05) is 19.3 Å². The Morgan fingerprint density at radius 3 is 2.31 bits per heavy atom. The minimum Gasteiger partial charge on any atom is -0.384 e. The number of nitrogens with one attached hydrogen (secondary N) is 3. The normalized spacial score (nSPS) is 13.0. The van der Waals surface area contributed by atoms with E-state index in [1.54, 1.807) is 37.5 Å². The Bertz CT molecular complexity index is 809. The summed E-state index contributed by atoms with van der Waals surface area (Å²) >= 11 is 0. The number of nitrogen functional groups attached to an aromatic ring is 1. The fourth-order valence-electron chi connectivity index (χ4n) is 2.99. The van der Waals surface area contributed by atoms with E-state index in [1.165, 1.54) is 12.1 Å². The van der Waals surface area contributed by atoms with E-state index in [0.717, 1.165) is 5.56 Å². The maximum atomic E-state index is 13.3. The number of anilines is 1. The zero-order valence-electron chi connectivity index (χ0n) is 16.9. The largest absolute Gasteiger partial charge is 0.384 e. The van der Waals surface area contributed by atoms with Gasteiger partial charge in [-0.1, -0.05) is 32.0 Å². The topological polar surface area (TPSA) is 109 Å². The summed E-state index contributed by atoms with van der Waals surface area (Å²) in [7, 11) is 1.72. The van der Waals surface area contributed by atoms with Crippen LogP contribution in [-0.2, 0) is 16.1 Å². The van der Waals surface area contributed by atoms with Gasteiger partial charge < -0.3 is 21.7 Å². The molecule has 0 spiro atoms. The van der Waals surface area contributed by atoms with Crippen molar-refractivity contribution in [3.63, 3.8) is 0 Å². The lowest BCUT2D eigenvalue weighted by Gasteiger charge is -2.22. The molecule has 0 radical (unpaired) electrons. The predicted molar refractivity (Wildman–Crippen MR) is 110 cm³/mol. The molecule has 7 nitrogen and oxygen atoms in total. The highest BCUT2D eigenvalue weighted by Crippen LogP contribution is 2.17. The molecule has 0 unspecified atom stereocenters. The molecule has 0 fully saturated rings. The highest BCUT2D eigenvalue weighted by atomic mass is 19.1. The van der Waals surface area contributed by atoms with Gasteiger partial charge in [0.15, 0.2) is 0 Å². The van der Waals surface area contributed by atoms with Crippen LogP contribution >= 0.6 is 0 Å². The van der Waals surface area contributed by atoms with Crippen LogP contribution in [0.5, 0.6) is 0 Å². The summed E-state index contributed by atoms with van der Waals surface area (Å²) in [5, 5.41) is 8.64. The minimum absolute atomic E-state index is 0.0936. The molecular formula is C21H28FN5O2. The number of likely N-dealkylation sites (N-methyl/N-ethyl adjacent to an activating group) is 1. The van der Waals surface area contributed by atoms with E-state index >= 15 is 0 Å². The number of nitrogens with two attached hydrogens (primary N) is 1. The van der Waals surface area contributed by atoms with Gasteiger partial charge in [-0.25, -0.2) is 9.37 Å². The molecule has 1 aromatic carbocycles. The number of hydrogen-bond donors (Lipinski definition) is 4. The monoisotopic (exact) mass is 401 g/mol. The maximum Gasteiger partial charge on any atom is 0.237 e. The number of hydrogen-bond acceptors (Lipinski definition) is 5. The Morgan fingerprint density at radius 2 is 1.76 bits per heavy atom. The number of benzene rings is 1. The van der Waals surface area contributed by atoms with Gasteiger partial charge >= 0.3 is 0 Å². The molecule has 0 bridgehead atoms. The molecule has 1 aromatic heterocycles. The van der Waals surface area contributed by atoms with Gasteiger partial charge in [0.05, 0.1) is 12.0 Å². The van der Waals surface area contributed by atoms with Crippen molar-refractivity contribution in [1.29, 1.82) is 0 Å². The van der Waals surface area contributed by atoms with Crippen molar-refractivity contribution in [2.24, 2.45) is 5.92 Å². The van der Waals surface area contributed by atoms with E-state index in [2.05, 4.69) is 20.9 Å². The Kier molecular flexibility index (Phi) is 8.09. The molecule has 29 heavy (non-hydrogen) atoms. The van der Waals surface area contributed by atoms with Crippen LogP contribution in [0.4, 0.5) is 10.2 Å². The van der Waals surface area contributed by atoms with Crippen LogP contribution in [0.25, 0.3) is 0 Å². The van der Waals surface area contributed by atoms with Crippen molar-refractivity contribution in [3.8, 4) is 0 Å². The first-order valence-corrected chi connectivity index (χ1v) is 9.50. The van der Waals surface area contributed by atoms with Crippen LogP contribution in [-0.4, -0.2) is 36.4 Å². The Morgan fingerprint density at radius 1 is 1.07 bits per heavy atom. The summed E-state index contributed by atoms with van der Waals surface area (Å²) in [5.41, 5.74) is 6.98. The quantitative estimate of drug-likeness (QED) is 0.510. The molecule has 0 aliphatic rings. The molecule has 0 aliphatic heterocycles. The first-order chi connectivity index (χ1) is 13.8. The number of carbonyl (C=O) groups is 2. The van der Waals surface area contributed by atoms with Gasteiger partial charge in [0, 0.05) is 19.3 Å². The first-order valence-electron chi connectivity index (χ1n) is 9.50. The molecular weight excluding hydrogens is 373 g/mol. The summed E-state index contributed by atoms with van der Waals surface area (Å²) in [6, 6.07) is 8.76. The second-order valence-corrected chi connectivity index (χ2v) is 7.17. The molecule has 5 N–H and O–H groups in total. The van der Waals surface area contributed by atoms with E-state index in [9.17, 15) is 14.0 Å². The molecule has 0 saturated heterocycles. The molecule has 2 atom stereocenters. The smallest absolute Gasteiger partial charge is 0.237 e. The van der Waals surface area contributed by atoms with Crippen LogP contribution in [0.3, 0.4) is 0 Å². The van der Waals surface area contributed by atoms with Crippen LogP contribution in [0.2, 0.25) is 0 Å². The summed E-state index contributed by atoms with van der Waals surface area (Å²) in [4.78, 5) is 29.3. The molecule has 156 valence electrons. The Labute approximate surface area is 170 Å². The molecule has 2 rings (SSSR count). The van der Waals surface area contributed by atoms with E-state index in [1.807, 2.05) is 13.8 Å². The standard InChI is InChI=1S/C21H28FN5O2/c1-13(2)19(24-3)21(29)27-12-17(15-5-7-16(22)8-6-15)20(28)26-11-14-4-9-18(23)25-10-14/h4-10,13,17,19,24H,11-12H2,1-3H3,(H2,23,25)(H,26,28)(H,27,29)/t17-,19+/m0/s1. The van der Waals surface area contributed by atoms with E-state index < -0.39 is 5.92 Å². The highest BCUT2D eigenvalue weighted by Gasteiger charge is 2.25. The van der Waals surface area contributed by atoms with Crippen LogP contribution in [0.1, 0.15) is 30.9 Å². The van der Waals surface area contributed by atoms with Gasteiger partial charge in [-0.05, 0) is 42.3 Å². The highest BCUT2D eigenvalue weighted by molar-refractivity contribution is 5.86. The maximum absolute atomic E-state index is 13.3.